The minimum absolute atomic E-state index is 0.158. The molecule has 0 bridgehead atoms. The summed E-state index contributed by atoms with van der Waals surface area (Å²) in [6, 6.07) is 11.6. The first-order valence-corrected chi connectivity index (χ1v) is 10.3. The molecule has 1 aliphatic rings. The van der Waals surface area contributed by atoms with Gasteiger partial charge in [-0.25, -0.2) is 18.3 Å². The minimum atomic E-state index is -0.895. The summed E-state index contributed by atoms with van der Waals surface area (Å²) in [5.74, 6) is -2.44. The van der Waals surface area contributed by atoms with E-state index in [9.17, 15) is 18.4 Å². The Kier molecular flexibility index (Phi) is 6.16. The molecule has 1 aliphatic heterocycles. The maximum Gasteiger partial charge on any atom is 0.338 e. The molecule has 33 heavy (non-hydrogen) atoms. The number of nitrogens with one attached hydrogen (secondary N) is 1. The van der Waals surface area contributed by atoms with Gasteiger partial charge in [0.25, 0.3) is 0 Å². The Morgan fingerprint density at radius 2 is 1.91 bits per heavy atom. The number of amides is 1. The van der Waals surface area contributed by atoms with Gasteiger partial charge in [-0.15, -0.1) is 0 Å². The second kappa shape index (κ2) is 9.19. The highest BCUT2D eigenvalue weighted by molar-refractivity contribution is 5.96. The van der Waals surface area contributed by atoms with Crippen molar-refractivity contribution in [3.8, 4) is 0 Å². The van der Waals surface area contributed by atoms with Gasteiger partial charge in [0.15, 0.2) is 0 Å². The first kappa shape index (κ1) is 22.1. The molecule has 1 atom stereocenters. The third kappa shape index (κ3) is 4.32. The van der Waals surface area contributed by atoms with Crippen LogP contribution in [-0.2, 0) is 14.3 Å². The number of carbonyl (C=O) groups is 2. The van der Waals surface area contributed by atoms with Crippen molar-refractivity contribution in [1.82, 2.24) is 14.8 Å². The number of allylic oxidation sites excluding steroid dienone is 1. The Morgan fingerprint density at radius 3 is 2.61 bits per heavy atom. The Bertz CT molecular complexity index is 1230. The van der Waals surface area contributed by atoms with Crippen molar-refractivity contribution in [1.29, 1.82) is 0 Å². The summed E-state index contributed by atoms with van der Waals surface area (Å²) in [7, 11) is 0. The van der Waals surface area contributed by atoms with Crippen LogP contribution in [0.3, 0.4) is 0 Å². The first-order chi connectivity index (χ1) is 15.9. The van der Waals surface area contributed by atoms with Gasteiger partial charge in [-0.05, 0) is 31.5 Å². The number of fused-ring (bicyclic) bond motifs is 1. The van der Waals surface area contributed by atoms with E-state index in [-0.39, 0.29) is 18.8 Å². The average Bonchev–Trinajstić information content (AvgIpc) is 3.27. The van der Waals surface area contributed by atoms with Crippen LogP contribution < -0.4 is 10.2 Å². The van der Waals surface area contributed by atoms with Gasteiger partial charge in [-0.3, -0.25) is 4.79 Å². The van der Waals surface area contributed by atoms with E-state index < -0.39 is 29.6 Å². The molecular formula is C23H21F2N5O3. The average molecular weight is 453 g/mol. The molecule has 0 unspecified atom stereocenters. The Balaban J connectivity index is 1.71. The van der Waals surface area contributed by atoms with Crippen LogP contribution in [-0.4, -0.2) is 39.8 Å². The number of nitrogens with zero attached hydrogens (tertiary/aromatic N) is 4. The second-order valence-corrected chi connectivity index (χ2v) is 7.30. The summed E-state index contributed by atoms with van der Waals surface area (Å²) in [5.41, 5.74) is 1.40. The van der Waals surface area contributed by atoms with Crippen molar-refractivity contribution in [3.05, 3.63) is 83.3 Å². The van der Waals surface area contributed by atoms with Crippen molar-refractivity contribution < 1.29 is 23.1 Å². The third-order valence-electron chi connectivity index (χ3n) is 5.23. The summed E-state index contributed by atoms with van der Waals surface area (Å²) < 4.78 is 34.0. The molecule has 0 saturated heterocycles. The van der Waals surface area contributed by atoms with Crippen molar-refractivity contribution in [2.24, 2.45) is 0 Å². The minimum Gasteiger partial charge on any atom is -0.463 e. The Hall–Kier alpha value is -4.08. The zero-order valence-electron chi connectivity index (χ0n) is 18.0. The molecule has 10 heteroatoms. The molecular weight excluding hydrogens is 432 g/mol. The van der Waals surface area contributed by atoms with E-state index in [1.165, 1.54) is 11.2 Å². The fourth-order valence-corrected chi connectivity index (χ4v) is 3.76. The molecule has 1 amide bonds. The van der Waals surface area contributed by atoms with E-state index in [1.54, 1.807) is 18.5 Å². The Labute approximate surface area is 188 Å². The fraction of sp³-hybridized carbons (Fsp3) is 0.217. The summed E-state index contributed by atoms with van der Waals surface area (Å²) in [6.07, 6.45) is 1.33. The topological polar surface area (TPSA) is 89.3 Å². The lowest BCUT2D eigenvalue weighted by atomic mass is 9.95. The molecule has 8 nitrogen and oxygen atoms in total. The number of aromatic nitrogens is 3. The lowest BCUT2D eigenvalue weighted by molar-refractivity contribution is -0.139. The van der Waals surface area contributed by atoms with Crippen molar-refractivity contribution in [3.63, 3.8) is 0 Å². The monoisotopic (exact) mass is 453 g/mol. The van der Waals surface area contributed by atoms with Gasteiger partial charge in [-0.2, -0.15) is 10.1 Å². The van der Waals surface area contributed by atoms with Gasteiger partial charge >= 0.3 is 5.97 Å². The fourth-order valence-electron chi connectivity index (χ4n) is 3.76. The van der Waals surface area contributed by atoms with Gasteiger partial charge in [0.1, 0.15) is 30.5 Å². The van der Waals surface area contributed by atoms with Crippen LogP contribution in [0.2, 0.25) is 0 Å². The predicted molar refractivity (Wildman–Crippen MR) is 116 cm³/mol. The van der Waals surface area contributed by atoms with Crippen LogP contribution in [0.4, 0.5) is 20.4 Å². The van der Waals surface area contributed by atoms with E-state index in [4.69, 9.17) is 4.74 Å². The number of benzene rings is 2. The highest BCUT2D eigenvalue weighted by atomic mass is 19.1. The number of carbonyl (C=O) groups excluding carboxylic acids is 2. The number of hydrogen-bond donors (Lipinski definition) is 1. The quantitative estimate of drug-likeness (QED) is 0.575. The lowest BCUT2D eigenvalue weighted by Gasteiger charge is -2.35. The third-order valence-corrected chi connectivity index (χ3v) is 5.23. The van der Waals surface area contributed by atoms with E-state index in [0.29, 0.717) is 23.3 Å². The maximum absolute atomic E-state index is 14.0. The van der Waals surface area contributed by atoms with Crippen molar-refractivity contribution >= 4 is 23.5 Å². The highest BCUT2D eigenvalue weighted by Gasteiger charge is 2.38. The summed E-state index contributed by atoms with van der Waals surface area (Å²) in [4.78, 5) is 31.5. The number of anilines is 2. The molecule has 4 rings (SSSR count). The summed E-state index contributed by atoms with van der Waals surface area (Å²) in [5, 5.41) is 6.72. The van der Waals surface area contributed by atoms with E-state index in [1.807, 2.05) is 30.3 Å². The molecule has 0 fully saturated rings. The van der Waals surface area contributed by atoms with Gasteiger partial charge in [-0.1, -0.05) is 30.3 Å². The summed E-state index contributed by atoms with van der Waals surface area (Å²) >= 11 is 0. The molecule has 1 N–H and O–H groups in total. The molecule has 2 aromatic carbocycles. The zero-order chi connectivity index (χ0) is 23.5. The van der Waals surface area contributed by atoms with Crippen LogP contribution >= 0.6 is 0 Å². The standard InChI is InChI=1S/C23H21F2N5O3/c1-3-33-22(32)20-14(2)29(12-19(31)28-18-10-9-16(24)11-17(18)25)23-26-13-27-30(23)21(20)15-7-5-4-6-8-15/h4-11,13,21H,3,12H2,1-2H3,(H,28,31)/t21-/m0/s1. The van der Waals surface area contributed by atoms with Gasteiger partial charge in [0.05, 0.1) is 17.9 Å². The molecule has 0 aliphatic carbocycles. The highest BCUT2D eigenvalue weighted by Crippen LogP contribution is 2.38. The van der Waals surface area contributed by atoms with Crippen LogP contribution in [0.1, 0.15) is 25.5 Å². The van der Waals surface area contributed by atoms with Gasteiger partial charge in [0, 0.05) is 11.8 Å². The smallest absolute Gasteiger partial charge is 0.338 e. The predicted octanol–water partition coefficient (Wildman–Crippen LogP) is 3.44. The van der Waals surface area contributed by atoms with Gasteiger partial charge in [0.2, 0.25) is 11.9 Å². The molecule has 1 aromatic heterocycles. The van der Waals surface area contributed by atoms with E-state index in [2.05, 4.69) is 15.4 Å². The van der Waals surface area contributed by atoms with Crippen LogP contribution in [0.15, 0.2) is 66.1 Å². The normalized spacial score (nSPS) is 15.3. The summed E-state index contributed by atoms with van der Waals surface area (Å²) in [6.45, 7) is 3.28. The first-order valence-electron chi connectivity index (χ1n) is 10.3. The second-order valence-electron chi connectivity index (χ2n) is 7.30. The number of rotatable bonds is 6. The van der Waals surface area contributed by atoms with E-state index >= 15 is 0 Å². The number of hydrogen-bond acceptors (Lipinski definition) is 6. The molecule has 2 heterocycles. The largest absolute Gasteiger partial charge is 0.463 e. The molecule has 0 saturated carbocycles. The van der Waals surface area contributed by atoms with Crippen LogP contribution in [0.5, 0.6) is 0 Å². The van der Waals surface area contributed by atoms with Gasteiger partial charge < -0.3 is 15.0 Å². The lowest BCUT2D eigenvalue weighted by Crippen LogP contribution is -2.41. The van der Waals surface area contributed by atoms with Crippen LogP contribution in [0.25, 0.3) is 0 Å². The van der Waals surface area contributed by atoms with Crippen molar-refractivity contribution in [2.75, 3.05) is 23.4 Å². The number of esters is 1. The zero-order valence-corrected chi connectivity index (χ0v) is 18.0. The molecule has 3 aromatic rings. The maximum atomic E-state index is 14.0. The van der Waals surface area contributed by atoms with Crippen LogP contribution in [0, 0.1) is 11.6 Å². The van der Waals surface area contributed by atoms with E-state index in [0.717, 1.165) is 17.7 Å². The number of halogens is 2. The SMILES string of the molecule is CCOC(=O)C1=C(C)N(CC(=O)Nc2ccc(F)cc2F)c2ncnn2[C@H]1c1ccccc1. The molecule has 0 radical (unpaired) electrons. The molecule has 0 spiro atoms. The number of ether oxygens (including phenoxy) is 1. The van der Waals surface area contributed by atoms with Crippen molar-refractivity contribution in [2.45, 2.75) is 19.9 Å². The Morgan fingerprint density at radius 1 is 1.15 bits per heavy atom. The molecule has 170 valence electrons.